The summed E-state index contributed by atoms with van der Waals surface area (Å²) >= 11 is 0. The number of carbonyl (C=O) groups excluding carboxylic acids is 1. The van der Waals surface area contributed by atoms with Crippen molar-refractivity contribution in [2.45, 2.75) is 6.92 Å². The third kappa shape index (κ3) is 6.53. The second-order valence-electron chi connectivity index (χ2n) is 7.20. The van der Waals surface area contributed by atoms with E-state index in [-0.39, 0.29) is 5.91 Å². The Hall–Kier alpha value is -3.42. The first-order valence-electron chi connectivity index (χ1n) is 10.4. The molecule has 0 aliphatic carbocycles. The number of piperazine rings is 1. The van der Waals surface area contributed by atoms with Gasteiger partial charge in [0.05, 0.1) is 13.7 Å². The Morgan fingerprint density at radius 3 is 2.45 bits per heavy atom. The number of rotatable bonds is 7. The van der Waals surface area contributed by atoms with Gasteiger partial charge in [0.15, 0.2) is 5.96 Å². The lowest BCUT2D eigenvalue weighted by atomic mass is 10.2. The second-order valence-corrected chi connectivity index (χ2v) is 7.20. The number of methoxy groups -OCH3 is 1. The Kier molecular flexibility index (Phi) is 7.98. The second kappa shape index (κ2) is 11.1. The molecule has 8 nitrogen and oxygen atoms in total. The number of benzene rings is 2. The van der Waals surface area contributed by atoms with Gasteiger partial charge in [0.1, 0.15) is 18.1 Å². The molecule has 31 heavy (non-hydrogen) atoms. The molecule has 0 atom stereocenters. The van der Waals surface area contributed by atoms with Gasteiger partial charge in [-0.25, -0.2) is 0 Å². The van der Waals surface area contributed by atoms with Crippen LogP contribution in [-0.2, 0) is 4.79 Å². The van der Waals surface area contributed by atoms with E-state index in [9.17, 15) is 4.79 Å². The molecule has 1 heterocycles. The van der Waals surface area contributed by atoms with Gasteiger partial charge < -0.3 is 29.9 Å². The number of anilines is 2. The summed E-state index contributed by atoms with van der Waals surface area (Å²) in [6.45, 7) is 6.26. The Bertz CT molecular complexity index is 877. The third-order valence-electron chi connectivity index (χ3n) is 5.04. The zero-order valence-electron chi connectivity index (χ0n) is 18.4. The first kappa shape index (κ1) is 22.3. The molecule has 1 aliphatic heterocycles. The molecule has 3 rings (SSSR count). The molecule has 8 heteroatoms. The summed E-state index contributed by atoms with van der Waals surface area (Å²) in [7, 11) is 3.48. The standard InChI is InChI=1S/C23H31N5O3/c1-18(29)26-19-5-4-6-22(17-19)31-16-11-25-23(24-2)28-14-12-27(13-15-28)20-7-9-21(30-3)10-8-20/h4-10,17H,11-16H2,1-3H3,(H,24,25)(H,26,29). The molecule has 0 spiro atoms. The molecule has 0 saturated carbocycles. The lowest BCUT2D eigenvalue weighted by Crippen LogP contribution is -2.53. The molecule has 0 bridgehead atoms. The van der Waals surface area contributed by atoms with Crippen LogP contribution in [0.5, 0.6) is 11.5 Å². The highest BCUT2D eigenvalue weighted by Crippen LogP contribution is 2.20. The van der Waals surface area contributed by atoms with Gasteiger partial charge in [-0.05, 0) is 36.4 Å². The maximum atomic E-state index is 11.2. The van der Waals surface area contributed by atoms with Crippen LogP contribution in [0, 0.1) is 0 Å². The fourth-order valence-corrected chi connectivity index (χ4v) is 3.50. The first-order valence-corrected chi connectivity index (χ1v) is 10.4. The van der Waals surface area contributed by atoms with E-state index >= 15 is 0 Å². The topological polar surface area (TPSA) is 78.4 Å². The summed E-state index contributed by atoms with van der Waals surface area (Å²) in [6, 6.07) is 15.6. The summed E-state index contributed by atoms with van der Waals surface area (Å²) in [4.78, 5) is 20.2. The summed E-state index contributed by atoms with van der Waals surface area (Å²) in [5.41, 5.74) is 1.93. The van der Waals surface area contributed by atoms with Gasteiger partial charge in [-0.3, -0.25) is 9.79 Å². The molecule has 2 aromatic rings. The number of aliphatic imine (C=N–C) groups is 1. The molecule has 2 aromatic carbocycles. The first-order chi connectivity index (χ1) is 15.1. The third-order valence-corrected chi connectivity index (χ3v) is 5.04. The minimum Gasteiger partial charge on any atom is -0.497 e. The van der Waals surface area contributed by atoms with E-state index in [1.54, 1.807) is 14.2 Å². The van der Waals surface area contributed by atoms with Crippen LogP contribution in [-0.4, -0.2) is 70.3 Å². The van der Waals surface area contributed by atoms with Crippen LogP contribution in [0.15, 0.2) is 53.5 Å². The van der Waals surface area contributed by atoms with Gasteiger partial charge in [0.25, 0.3) is 0 Å². The van der Waals surface area contributed by atoms with E-state index in [1.807, 2.05) is 36.4 Å². The Balaban J connectivity index is 1.42. The number of hydrogen-bond acceptors (Lipinski definition) is 5. The van der Waals surface area contributed by atoms with Gasteiger partial charge in [0.2, 0.25) is 5.91 Å². The van der Waals surface area contributed by atoms with E-state index in [0.29, 0.717) is 13.2 Å². The maximum absolute atomic E-state index is 11.2. The number of nitrogens with one attached hydrogen (secondary N) is 2. The predicted molar refractivity (Wildman–Crippen MR) is 124 cm³/mol. The molecule has 1 aliphatic rings. The smallest absolute Gasteiger partial charge is 0.221 e. The number of carbonyl (C=O) groups is 1. The number of guanidine groups is 1. The predicted octanol–water partition coefficient (Wildman–Crippen LogP) is 2.43. The van der Waals surface area contributed by atoms with Gasteiger partial charge in [-0.1, -0.05) is 6.07 Å². The molecular formula is C23H31N5O3. The highest BCUT2D eigenvalue weighted by atomic mass is 16.5. The number of nitrogens with zero attached hydrogens (tertiary/aromatic N) is 3. The van der Waals surface area contributed by atoms with Crippen molar-refractivity contribution >= 4 is 23.2 Å². The Morgan fingerprint density at radius 1 is 1.06 bits per heavy atom. The van der Waals surface area contributed by atoms with Crippen molar-refractivity contribution in [1.82, 2.24) is 10.2 Å². The minimum atomic E-state index is -0.102. The molecule has 1 fully saturated rings. The lowest BCUT2D eigenvalue weighted by molar-refractivity contribution is -0.114. The van der Waals surface area contributed by atoms with E-state index in [2.05, 4.69) is 37.6 Å². The zero-order valence-corrected chi connectivity index (χ0v) is 18.4. The summed E-state index contributed by atoms with van der Waals surface area (Å²) < 4.78 is 11.0. The molecule has 0 unspecified atom stereocenters. The molecule has 166 valence electrons. The van der Waals surface area contributed by atoms with Crippen LogP contribution in [0.3, 0.4) is 0 Å². The van der Waals surface area contributed by atoms with Crippen molar-refractivity contribution in [2.24, 2.45) is 4.99 Å². The van der Waals surface area contributed by atoms with Crippen LogP contribution in [0.1, 0.15) is 6.92 Å². The molecule has 0 radical (unpaired) electrons. The molecule has 1 amide bonds. The van der Waals surface area contributed by atoms with E-state index in [4.69, 9.17) is 9.47 Å². The number of ether oxygens (including phenoxy) is 2. The molecule has 2 N–H and O–H groups in total. The van der Waals surface area contributed by atoms with Crippen molar-refractivity contribution in [3.05, 3.63) is 48.5 Å². The lowest BCUT2D eigenvalue weighted by Gasteiger charge is -2.37. The minimum absolute atomic E-state index is 0.102. The average Bonchev–Trinajstić information content (AvgIpc) is 2.79. The van der Waals surface area contributed by atoms with Gasteiger partial charge in [-0.2, -0.15) is 0 Å². The molecule has 1 saturated heterocycles. The highest BCUT2D eigenvalue weighted by molar-refractivity contribution is 5.88. The molecular weight excluding hydrogens is 394 g/mol. The summed E-state index contributed by atoms with van der Waals surface area (Å²) in [5.74, 6) is 2.37. The van der Waals surface area contributed by atoms with E-state index < -0.39 is 0 Å². The number of hydrogen-bond donors (Lipinski definition) is 2. The van der Waals surface area contributed by atoms with Crippen LogP contribution in [0.25, 0.3) is 0 Å². The van der Waals surface area contributed by atoms with Crippen molar-refractivity contribution < 1.29 is 14.3 Å². The van der Waals surface area contributed by atoms with Crippen LogP contribution in [0.4, 0.5) is 11.4 Å². The fourth-order valence-electron chi connectivity index (χ4n) is 3.50. The van der Waals surface area contributed by atoms with E-state index in [0.717, 1.165) is 49.3 Å². The van der Waals surface area contributed by atoms with Crippen LogP contribution >= 0.6 is 0 Å². The van der Waals surface area contributed by atoms with Crippen molar-refractivity contribution in [2.75, 3.05) is 63.7 Å². The van der Waals surface area contributed by atoms with Gasteiger partial charge in [0, 0.05) is 57.6 Å². The maximum Gasteiger partial charge on any atom is 0.221 e. The number of amides is 1. The summed E-state index contributed by atoms with van der Waals surface area (Å²) in [6.07, 6.45) is 0. The van der Waals surface area contributed by atoms with Gasteiger partial charge in [-0.15, -0.1) is 0 Å². The Morgan fingerprint density at radius 2 is 1.81 bits per heavy atom. The highest BCUT2D eigenvalue weighted by Gasteiger charge is 2.19. The SMILES string of the molecule is CN=C(NCCOc1cccc(NC(C)=O)c1)N1CCN(c2ccc(OC)cc2)CC1. The van der Waals surface area contributed by atoms with Gasteiger partial charge >= 0.3 is 0 Å². The van der Waals surface area contributed by atoms with Crippen molar-refractivity contribution in [1.29, 1.82) is 0 Å². The normalized spacial score (nSPS) is 14.2. The largest absolute Gasteiger partial charge is 0.497 e. The summed E-state index contributed by atoms with van der Waals surface area (Å²) in [5, 5.41) is 6.13. The van der Waals surface area contributed by atoms with Crippen molar-refractivity contribution in [3.63, 3.8) is 0 Å². The quantitative estimate of drug-likeness (QED) is 0.403. The fraction of sp³-hybridized carbons (Fsp3) is 0.391. The van der Waals surface area contributed by atoms with Crippen molar-refractivity contribution in [3.8, 4) is 11.5 Å². The van der Waals surface area contributed by atoms with Crippen LogP contribution < -0.4 is 25.0 Å². The Labute approximate surface area is 183 Å². The monoisotopic (exact) mass is 425 g/mol. The average molecular weight is 426 g/mol. The van der Waals surface area contributed by atoms with Crippen LogP contribution in [0.2, 0.25) is 0 Å². The zero-order chi connectivity index (χ0) is 22.1. The van der Waals surface area contributed by atoms with E-state index in [1.165, 1.54) is 12.6 Å². The molecule has 0 aromatic heterocycles.